The molecule has 4 nitrogen and oxygen atoms in total. The Morgan fingerprint density at radius 2 is 2.10 bits per heavy atom. The lowest BCUT2D eigenvalue weighted by Gasteiger charge is -2.37. The van der Waals surface area contributed by atoms with E-state index in [2.05, 4.69) is 18.7 Å². The summed E-state index contributed by atoms with van der Waals surface area (Å²) in [6.45, 7) is 8.27. The highest BCUT2D eigenvalue weighted by Crippen LogP contribution is 2.29. The number of nitrogens with zero attached hydrogens (tertiary/aromatic N) is 1. The molecule has 0 spiro atoms. The molecule has 1 aliphatic rings. The summed E-state index contributed by atoms with van der Waals surface area (Å²) in [5, 5.41) is 8.82. The average molecular weight is 295 g/mol. The fraction of sp³-hybridized carbons (Fsp3) is 0.533. The summed E-state index contributed by atoms with van der Waals surface area (Å²) < 4.78 is 5.99. The van der Waals surface area contributed by atoms with Crippen molar-refractivity contribution in [3.05, 3.63) is 29.8 Å². The fourth-order valence-corrected chi connectivity index (χ4v) is 3.47. The quantitative estimate of drug-likeness (QED) is 0.905. The molecule has 0 bridgehead atoms. The summed E-state index contributed by atoms with van der Waals surface area (Å²) >= 11 is 2.02. The number of hydrogen-bond donors (Lipinski definition) is 1. The van der Waals surface area contributed by atoms with Crippen molar-refractivity contribution in [2.45, 2.75) is 18.6 Å². The van der Waals surface area contributed by atoms with Gasteiger partial charge in [-0.25, -0.2) is 4.79 Å². The molecule has 0 atom stereocenters. The summed E-state index contributed by atoms with van der Waals surface area (Å²) in [7, 11) is 0. The molecule has 20 heavy (non-hydrogen) atoms. The monoisotopic (exact) mass is 295 g/mol. The number of hydrogen-bond acceptors (Lipinski definition) is 4. The number of carboxylic acids is 1. The molecule has 1 aliphatic heterocycles. The Bertz CT molecular complexity index is 459. The number of thioether (sulfide) groups is 1. The number of ether oxygens (including phenoxy) is 1. The van der Waals surface area contributed by atoms with Crippen LogP contribution in [0.1, 0.15) is 24.2 Å². The van der Waals surface area contributed by atoms with Gasteiger partial charge in [-0.05, 0) is 38.1 Å². The van der Waals surface area contributed by atoms with E-state index in [-0.39, 0.29) is 5.56 Å². The first-order valence-corrected chi connectivity index (χ1v) is 7.77. The van der Waals surface area contributed by atoms with Crippen LogP contribution in [0.25, 0.3) is 0 Å². The van der Waals surface area contributed by atoms with Crippen LogP contribution in [-0.2, 0) is 0 Å². The molecule has 110 valence electrons. The number of benzene rings is 1. The van der Waals surface area contributed by atoms with Crippen LogP contribution >= 0.6 is 11.8 Å². The van der Waals surface area contributed by atoms with E-state index in [0.29, 0.717) is 11.4 Å². The number of carbonyl (C=O) groups is 1. The smallest absolute Gasteiger partial charge is 0.335 e. The Kier molecular flexibility index (Phi) is 4.94. The Labute approximate surface area is 124 Å². The van der Waals surface area contributed by atoms with Crippen LogP contribution in [0.15, 0.2) is 24.3 Å². The maximum absolute atomic E-state index is 10.7. The molecule has 2 rings (SSSR count). The second-order valence-corrected chi connectivity index (χ2v) is 7.36. The van der Waals surface area contributed by atoms with Gasteiger partial charge in [-0.15, -0.1) is 0 Å². The van der Waals surface area contributed by atoms with E-state index in [1.165, 1.54) is 5.75 Å². The van der Waals surface area contributed by atoms with E-state index in [4.69, 9.17) is 9.84 Å². The standard InChI is InChI=1S/C15H21NO3S/c1-15(2)11-16(8-10-20-15)7-9-19-13-5-3-12(4-6-13)14(17)18/h3-6H,7-11H2,1-2H3,(H,17,18). The molecule has 0 saturated carbocycles. The first-order chi connectivity index (χ1) is 9.46. The van der Waals surface area contributed by atoms with Gasteiger partial charge in [-0.1, -0.05) is 0 Å². The second kappa shape index (κ2) is 6.50. The normalized spacial score (nSPS) is 18.7. The Balaban J connectivity index is 1.76. The molecular weight excluding hydrogens is 274 g/mol. The molecule has 0 aromatic heterocycles. The zero-order valence-electron chi connectivity index (χ0n) is 12.0. The van der Waals surface area contributed by atoms with Gasteiger partial charge in [-0.2, -0.15) is 11.8 Å². The zero-order valence-corrected chi connectivity index (χ0v) is 12.8. The Hall–Kier alpha value is -1.20. The summed E-state index contributed by atoms with van der Waals surface area (Å²) in [6.07, 6.45) is 0. The lowest BCUT2D eigenvalue weighted by atomic mass is 10.2. The van der Waals surface area contributed by atoms with Gasteiger partial charge in [0, 0.05) is 30.1 Å². The molecule has 0 aliphatic carbocycles. The number of carboxylic acid groups (broad SMARTS) is 1. The lowest BCUT2D eigenvalue weighted by molar-refractivity contribution is 0.0697. The van der Waals surface area contributed by atoms with Gasteiger partial charge in [-0.3, -0.25) is 4.90 Å². The van der Waals surface area contributed by atoms with Crippen LogP contribution < -0.4 is 4.74 Å². The topological polar surface area (TPSA) is 49.8 Å². The van der Waals surface area contributed by atoms with E-state index in [1.807, 2.05) is 11.8 Å². The third kappa shape index (κ3) is 4.42. The number of rotatable bonds is 5. The molecule has 0 unspecified atom stereocenters. The summed E-state index contributed by atoms with van der Waals surface area (Å²) in [4.78, 5) is 13.2. The molecule has 1 aromatic rings. The predicted octanol–water partition coefficient (Wildman–Crippen LogP) is 2.59. The molecule has 0 amide bonds. The van der Waals surface area contributed by atoms with Gasteiger partial charge in [0.05, 0.1) is 5.56 Å². The fourth-order valence-electron chi connectivity index (χ4n) is 2.29. The van der Waals surface area contributed by atoms with Crippen molar-refractivity contribution in [3.8, 4) is 5.75 Å². The minimum absolute atomic E-state index is 0.284. The second-order valence-electron chi connectivity index (χ2n) is 5.56. The maximum Gasteiger partial charge on any atom is 0.335 e. The van der Waals surface area contributed by atoms with Crippen molar-refractivity contribution >= 4 is 17.7 Å². The minimum atomic E-state index is -0.912. The van der Waals surface area contributed by atoms with Crippen molar-refractivity contribution in [1.29, 1.82) is 0 Å². The summed E-state index contributed by atoms with van der Waals surface area (Å²) in [5.41, 5.74) is 0.284. The Morgan fingerprint density at radius 3 is 2.70 bits per heavy atom. The SMILES string of the molecule is CC1(C)CN(CCOc2ccc(C(=O)O)cc2)CCS1. The minimum Gasteiger partial charge on any atom is -0.492 e. The lowest BCUT2D eigenvalue weighted by Crippen LogP contribution is -2.44. The first kappa shape index (κ1) is 15.2. The summed E-state index contributed by atoms with van der Waals surface area (Å²) in [6, 6.07) is 6.55. The van der Waals surface area contributed by atoms with Crippen LogP contribution in [0.5, 0.6) is 5.75 Å². The molecule has 5 heteroatoms. The van der Waals surface area contributed by atoms with Crippen LogP contribution in [0.3, 0.4) is 0 Å². The molecule has 1 saturated heterocycles. The van der Waals surface area contributed by atoms with Crippen molar-refractivity contribution in [2.24, 2.45) is 0 Å². The van der Waals surface area contributed by atoms with Gasteiger partial charge >= 0.3 is 5.97 Å². The van der Waals surface area contributed by atoms with Gasteiger partial charge < -0.3 is 9.84 Å². The summed E-state index contributed by atoms with van der Waals surface area (Å²) in [5.74, 6) is 0.977. The number of aromatic carboxylic acids is 1. The third-order valence-electron chi connectivity index (χ3n) is 3.28. The van der Waals surface area contributed by atoms with Gasteiger partial charge in [0.2, 0.25) is 0 Å². The van der Waals surface area contributed by atoms with E-state index >= 15 is 0 Å². The van der Waals surface area contributed by atoms with Crippen LogP contribution in [-0.4, -0.2) is 52.7 Å². The van der Waals surface area contributed by atoms with Crippen molar-refractivity contribution in [2.75, 3.05) is 32.0 Å². The van der Waals surface area contributed by atoms with Gasteiger partial charge in [0.15, 0.2) is 0 Å². The molecule has 0 radical (unpaired) electrons. The highest BCUT2D eigenvalue weighted by atomic mass is 32.2. The van der Waals surface area contributed by atoms with E-state index < -0.39 is 5.97 Å². The van der Waals surface area contributed by atoms with E-state index in [9.17, 15) is 4.79 Å². The largest absolute Gasteiger partial charge is 0.492 e. The molecule has 1 heterocycles. The Morgan fingerprint density at radius 1 is 1.40 bits per heavy atom. The highest BCUT2D eigenvalue weighted by molar-refractivity contribution is 8.00. The van der Waals surface area contributed by atoms with Crippen LogP contribution in [0, 0.1) is 0 Å². The predicted molar refractivity (Wildman–Crippen MR) is 81.9 cm³/mol. The average Bonchev–Trinajstić information content (AvgIpc) is 2.38. The van der Waals surface area contributed by atoms with Gasteiger partial charge in [0.1, 0.15) is 12.4 Å². The maximum atomic E-state index is 10.7. The molecule has 1 aromatic carbocycles. The van der Waals surface area contributed by atoms with Gasteiger partial charge in [0.25, 0.3) is 0 Å². The highest BCUT2D eigenvalue weighted by Gasteiger charge is 2.26. The molecular formula is C15H21NO3S. The van der Waals surface area contributed by atoms with Crippen LogP contribution in [0.2, 0.25) is 0 Å². The molecule has 1 fully saturated rings. The van der Waals surface area contributed by atoms with Crippen LogP contribution in [0.4, 0.5) is 0 Å². The van der Waals surface area contributed by atoms with Crippen molar-refractivity contribution in [3.63, 3.8) is 0 Å². The zero-order chi connectivity index (χ0) is 14.6. The molecule has 1 N–H and O–H groups in total. The third-order valence-corrected chi connectivity index (χ3v) is 4.58. The van der Waals surface area contributed by atoms with E-state index in [1.54, 1.807) is 24.3 Å². The van der Waals surface area contributed by atoms with Crippen molar-refractivity contribution < 1.29 is 14.6 Å². The first-order valence-electron chi connectivity index (χ1n) is 6.79. The van der Waals surface area contributed by atoms with E-state index in [0.717, 1.165) is 25.4 Å². The van der Waals surface area contributed by atoms with Crippen molar-refractivity contribution in [1.82, 2.24) is 4.90 Å².